The van der Waals surface area contributed by atoms with E-state index in [1.54, 1.807) is 0 Å². The zero-order chi connectivity index (χ0) is 11.1. The molecule has 2 rings (SSSR count). The predicted octanol–water partition coefficient (Wildman–Crippen LogP) is 2.98. The fourth-order valence-corrected chi connectivity index (χ4v) is 3.01. The lowest BCUT2D eigenvalue weighted by molar-refractivity contribution is 0.00374. The van der Waals surface area contributed by atoms with Gasteiger partial charge in [0.05, 0.1) is 5.38 Å². The third-order valence-corrected chi connectivity index (χ3v) is 4.19. The van der Waals surface area contributed by atoms with Crippen molar-refractivity contribution in [3.05, 3.63) is 0 Å². The van der Waals surface area contributed by atoms with Crippen LogP contribution in [0, 0.1) is 11.8 Å². The molecule has 0 bridgehead atoms. The van der Waals surface area contributed by atoms with Crippen molar-refractivity contribution < 1.29 is 8.78 Å². The van der Waals surface area contributed by atoms with Gasteiger partial charge in [-0.2, -0.15) is 0 Å². The first-order valence-corrected chi connectivity index (χ1v) is 6.14. The fraction of sp³-hybridized carbons (Fsp3) is 1.00. The number of nitrogens with zero attached hydrogens (tertiary/aromatic N) is 1. The number of hydrogen-bond donors (Lipinski definition) is 0. The predicted molar refractivity (Wildman–Crippen MR) is 57.5 cm³/mol. The highest BCUT2D eigenvalue weighted by atomic mass is 35.5. The van der Waals surface area contributed by atoms with Crippen LogP contribution in [0.2, 0.25) is 0 Å². The van der Waals surface area contributed by atoms with Gasteiger partial charge in [0.1, 0.15) is 0 Å². The Balaban J connectivity index is 1.79. The smallest absolute Gasteiger partial charge is 0.248 e. The van der Waals surface area contributed by atoms with Crippen LogP contribution in [-0.4, -0.2) is 35.8 Å². The minimum atomic E-state index is -2.41. The zero-order valence-electron chi connectivity index (χ0n) is 9.06. The van der Waals surface area contributed by atoms with Crippen LogP contribution in [0.15, 0.2) is 0 Å². The monoisotopic (exact) mass is 237 g/mol. The van der Waals surface area contributed by atoms with E-state index in [0.29, 0.717) is 12.3 Å². The van der Waals surface area contributed by atoms with Gasteiger partial charge in [-0.05, 0) is 18.3 Å². The van der Waals surface area contributed by atoms with Gasteiger partial charge in [-0.1, -0.05) is 6.92 Å². The van der Waals surface area contributed by atoms with Gasteiger partial charge < -0.3 is 4.90 Å². The van der Waals surface area contributed by atoms with Crippen LogP contribution in [0.25, 0.3) is 0 Å². The van der Waals surface area contributed by atoms with Gasteiger partial charge in [-0.3, -0.25) is 0 Å². The summed E-state index contributed by atoms with van der Waals surface area (Å²) in [4.78, 5) is 2.24. The van der Waals surface area contributed by atoms with E-state index in [-0.39, 0.29) is 24.1 Å². The first-order valence-electron chi connectivity index (χ1n) is 5.70. The molecule has 3 atom stereocenters. The van der Waals surface area contributed by atoms with Crippen LogP contribution in [0.4, 0.5) is 8.78 Å². The topological polar surface area (TPSA) is 3.24 Å². The molecule has 1 saturated carbocycles. The van der Waals surface area contributed by atoms with Gasteiger partial charge in [0.25, 0.3) is 0 Å². The summed E-state index contributed by atoms with van der Waals surface area (Å²) in [5.41, 5.74) is 0. The Bertz CT molecular complexity index is 225. The van der Waals surface area contributed by atoms with Gasteiger partial charge in [0.2, 0.25) is 5.92 Å². The molecule has 0 N–H and O–H groups in total. The van der Waals surface area contributed by atoms with Gasteiger partial charge >= 0.3 is 0 Å². The molecule has 1 nitrogen and oxygen atoms in total. The quantitative estimate of drug-likeness (QED) is 0.668. The molecule has 4 heteroatoms. The Morgan fingerprint density at radius 3 is 2.60 bits per heavy atom. The van der Waals surface area contributed by atoms with Crippen molar-refractivity contribution in [2.24, 2.45) is 11.8 Å². The molecule has 1 heterocycles. The summed E-state index contributed by atoms with van der Waals surface area (Å²) in [6, 6.07) is 0. The third kappa shape index (κ3) is 2.82. The number of hydrogen-bond acceptors (Lipinski definition) is 1. The summed E-state index contributed by atoms with van der Waals surface area (Å²) in [5, 5.41) is 0.201. The van der Waals surface area contributed by atoms with E-state index in [1.807, 2.05) is 0 Å². The summed E-state index contributed by atoms with van der Waals surface area (Å²) in [6.07, 6.45) is 0.820. The summed E-state index contributed by atoms with van der Waals surface area (Å²) >= 11 is 6.11. The van der Waals surface area contributed by atoms with E-state index >= 15 is 0 Å². The molecule has 0 aromatic rings. The van der Waals surface area contributed by atoms with Crippen molar-refractivity contribution in [3.8, 4) is 0 Å². The highest BCUT2D eigenvalue weighted by molar-refractivity contribution is 6.21. The van der Waals surface area contributed by atoms with Crippen LogP contribution >= 0.6 is 11.6 Å². The number of alkyl halides is 3. The second-order valence-corrected chi connectivity index (χ2v) is 5.74. The van der Waals surface area contributed by atoms with Crippen LogP contribution in [0.5, 0.6) is 0 Å². The average Bonchev–Trinajstić information content (AvgIpc) is 2.58. The molecule has 0 aromatic heterocycles. The van der Waals surface area contributed by atoms with E-state index in [9.17, 15) is 8.78 Å². The van der Waals surface area contributed by atoms with Crippen LogP contribution < -0.4 is 0 Å². The molecule has 0 aromatic carbocycles. The van der Waals surface area contributed by atoms with E-state index in [2.05, 4.69) is 11.8 Å². The molecule has 0 spiro atoms. The summed E-state index contributed by atoms with van der Waals surface area (Å²) in [5.74, 6) is -1.74. The lowest BCUT2D eigenvalue weighted by atomic mass is 10.1. The van der Waals surface area contributed by atoms with Crippen molar-refractivity contribution >= 4 is 11.6 Å². The summed E-state index contributed by atoms with van der Waals surface area (Å²) in [6.45, 7) is 4.77. The van der Waals surface area contributed by atoms with Crippen LogP contribution in [0.3, 0.4) is 0 Å². The van der Waals surface area contributed by atoms with Crippen LogP contribution in [-0.2, 0) is 0 Å². The zero-order valence-corrected chi connectivity index (χ0v) is 9.81. The van der Waals surface area contributed by atoms with E-state index in [1.165, 1.54) is 0 Å². The van der Waals surface area contributed by atoms with E-state index < -0.39 is 5.92 Å². The van der Waals surface area contributed by atoms with Crippen molar-refractivity contribution in [1.82, 2.24) is 4.90 Å². The molecule has 3 unspecified atom stereocenters. The highest BCUT2D eigenvalue weighted by Gasteiger charge is 2.40. The van der Waals surface area contributed by atoms with Crippen molar-refractivity contribution in [2.75, 3.05) is 19.6 Å². The lowest BCUT2D eigenvalue weighted by Crippen LogP contribution is -2.27. The average molecular weight is 238 g/mol. The molecular weight excluding hydrogens is 220 g/mol. The summed E-state index contributed by atoms with van der Waals surface area (Å²) < 4.78 is 26.0. The molecule has 1 aliphatic heterocycles. The van der Waals surface area contributed by atoms with E-state index in [4.69, 9.17) is 11.6 Å². The number of rotatable bonds is 2. The standard InChI is InChI=1S/C11H18ClF2N/c1-8-5-15(7-10(8)12)6-9-2-3-11(13,14)4-9/h8-10H,2-7H2,1H3. The Morgan fingerprint density at radius 1 is 1.40 bits per heavy atom. The lowest BCUT2D eigenvalue weighted by Gasteiger charge is -2.19. The molecule has 15 heavy (non-hydrogen) atoms. The molecule has 88 valence electrons. The maximum absolute atomic E-state index is 13.0. The SMILES string of the molecule is CC1CN(CC2CCC(F)(F)C2)CC1Cl. The molecule has 2 aliphatic rings. The minimum Gasteiger partial charge on any atom is -0.301 e. The minimum absolute atomic E-state index is 0.0742. The highest BCUT2D eigenvalue weighted by Crippen LogP contribution is 2.39. The Labute approximate surface area is 94.8 Å². The molecule has 2 fully saturated rings. The first kappa shape index (κ1) is 11.6. The van der Waals surface area contributed by atoms with Gasteiger partial charge in [0.15, 0.2) is 0 Å². The van der Waals surface area contributed by atoms with Crippen molar-refractivity contribution in [2.45, 2.75) is 37.5 Å². The second kappa shape index (κ2) is 4.17. The van der Waals surface area contributed by atoms with Crippen molar-refractivity contribution in [3.63, 3.8) is 0 Å². The van der Waals surface area contributed by atoms with E-state index in [0.717, 1.165) is 19.6 Å². The van der Waals surface area contributed by atoms with Gasteiger partial charge in [-0.15, -0.1) is 11.6 Å². The second-order valence-electron chi connectivity index (χ2n) is 5.18. The number of halogens is 3. The van der Waals surface area contributed by atoms with Crippen LogP contribution in [0.1, 0.15) is 26.2 Å². The van der Waals surface area contributed by atoms with Gasteiger partial charge in [0, 0.05) is 32.5 Å². The van der Waals surface area contributed by atoms with Gasteiger partial charge in [-0.25, -0.2) is 8.78 Å². The number of likely N-dealkylation sites (tertiary alicyclic amines) is 1. The Kier molecular flexibility index (Phi) is 3.22. The first-order chi connectivity index (χ1) is 6.96. The molecule has 0 amide bonds. The Morgan fingerprint density at radius 2 is 2.13 bits per heavy atom. The molecular formula is C11H18ClF2N. The molecule has 0 radical (unpaired) electrons. The molecule has 1 saturated heterocycles. The Hall–Kier alpha value is 0.110. The fourth-order valence-electron chi connectivity index (χ4n) is 2.73. The third-order valence-electron chi connectivity index (χ3n) is 3.62. The summed E-state index contributed by atoms with van der Waals surface area (Å²) in [7, 11) is 0. The maximum atomic E-state index is 13.0. The largest absolute Gasteiger partial charge is 0.301 e. The van der Waals surface area contributed by atoms with Crippen molar-refractivity contribution in [1.29, 1.82) is 0 Å². The maximum Gasteiger partial charge on any atom is 0.248 e. The molecule has 1 aliphatic carbocycles. The normalized spacial score (nSPS) is 41.2.